The Bertz CT molecular complexity index is 770. The summed E-state index contributed by atoms with van der Waals surface area (Å²) < 4.78 is 27.9. The molecule has 0 aliphatic carbocycles. The fourth-order valence-electron chi connectivity index (χ4n) is 2.27. The Balaban J connectivity index is 2.47. The Hall–Kier alpha value is -1.52. The van der Waals surface area contributed by atoms with Crippen molar-refractivity contribution in [2.45, 2.75) is 32.1 Å². The molecule has 1 N–H and O–H groups in total. The molecule has 3 nitrogen and oxygen atoms in total. The van der Waals surface area contributed by atoms with Crippen LogP contribution in [0.3, 0.4) is 0 Å². The predicted molar refractivity (Wildman–Crippen MR) is 87.6 cm³/mol. The minimum atomic E-state index is -3.62. The van der Waals surface area contributed by atoms with Crippen LogP contribution >= 0.6 is 11.6 Å². The van der Waals surface area contributed by atoms with E-state index >= 15 is 0 Å². The van der Waals surface area contributed by atoms with Gasteiger partial charge in [0.1, 0.15) is 0 Å². The van der Waals surface area contributed by atoms with Crippen molar-refractivity contribution >= 4 is 27.3 Å². The Morgan fingerprint density at radius 1 is 1.10 bits per heavy atom. The van der Waals surface area contributed by atoms with E-state index in [0.29, 0.717) is 16.3 Å². The molecule has 0 amide bonds. The first-order valence-corrected chi connectivity index (χ1v) is 8.58. The molecule has 0 unspecified atom stereocenters. The molecule has 112 valence electrons. The van der Waals surface area contributed by atoms with Gasteiger partial charge in [0, 0.05) is 5.02 Å². The van der Waals surface area contributed by atoms with Crippen molar-refractivity contribution in [2.24, 2.45) is 0 Å². The van der Waals surface area contributed by atoms with Gasteiger partial charge in [0.2, 0.25) is 0 Å². The molecule has 0 spiro atoms. The zero-order valence-electron chi connectivity index (χ0n) is 12.3. The lowest BCUT2D eigenvalue weighted by Gasteiger charge is -2.15. The van der Waals surface area contributed by atoms with Gasteiger partial charge >= 0.3 is 0 Å². The fraction of sp³-hybridized carbons (Fsp3) is 0.250. The van der Waals surface area contributed by atoms with Crippen molar-refractivity contribution < 1.29 is 8.42 Å². The largest absolute Gasteiger partial charge is 0.279 e. The number of hydrogen-bond donors (Lipinski definition) is 1. The molecule has 0 radical (unpaired) electrons. The van der Waals surface area contributed by atoms with Crippen LogP contribution in [0.25, 0.3) is 0 Å². The average Bonchev–Trinajstić information content (AvgIpc) is 2.40. The van der Waals surface area contributed by atoms with Crippen molar-refractivity contribution in [3.8, 4) is 0 Å². The second-order valence-electron chi connectivity index (χ2n) is 4.98. The van der Waals surface area contributed by atoms with Gasteiger partial charge in [-0.2, -0.15) is 0 Å². The summed E-state index contributed by atoms with van der Waals surface area (Å²) in [7, 11) is -3.62. The van der Waals surface area contributed by atoms with Crippen molar-refractivity contribution in [2.75, 3.05) is 4.72 Å². The molecule has 0 heterocycles. The summed E-state index contributed by atoms with van der Waals surface area (Å²) >= 11 is 5.88. The highest BCUT2D eigenvalue weighted by molar-refractivity contribution is 7.92. The molecule has 0 saturated carbocycles. The first-order chi connectivity index (χ1) is 9.85. The van der Waals surface area contributed by atoms with Crippen LogP contribution in [-0.4, -0.2) is 8.42 Å². The van der Waals surface area contributed by atoms with Gasteiger partial charge in [-0.3, -0.25) is 4.72 Å². The number of aryl methyl sites for hydroxylation is 3. The SMILES string of the molecule is CCc1cccc(C)c1NS(=O)(=O)c1ccc(Cl)cc1C. The van der Waals surface area contributed by atoms with Crippen molar-refractivity contribution in [1.29, 1.82) is 0 Å². The summed E-state index contributed by atoms with van der Waals surface area (Å²) in [6.45, 7) is 5.63. The quantitative estimate of drug-likeness (QED) is 0.910. The highest BCUT2D eigenvalue weighted by Crippen LogP contribution is 2.26. The number of anilines is 1. The normalized spacial score (nSPS) is 11.4. The number of para-hydroxylation sites is 1. The number of halogens is 1. The Kier molecular flexibility index (Phi) is 4.59. The summed E-state index contributed by atoms with van der Waals surface area (Å²) in [5.74, 6) is 0. The summed E-state index contributed by atoms with van der Waals surface area (Å²) in [6.07, 6.45) is 0.763. The van der Waals surface area contributed by atoms with Crippen molar-refractivity contribution in [3.05, 3.63) is 58.1 Å². The Morgan fingerprint density at radius 3 is 2.43 bits per heavy atom. The van der Waals surface area contributed by atoms with Gasteiger partial charge in [-0.15, -0.1) is 0 Å². The van der Waals surface area contributed by atoms with Crippen LogP contribution < -0.4 is 4.72 Å². The molecule has 5 heteroatoms. The van der Waals surface area contributed by atoms with E-state index < -0.39 is 10.0 Å². The van der Waals surface area contributed by atoms with Crippen LogP contribution in [0, 0.1) is 13.8 Å². The summed E-state index contributed by atoms with van der Waals surface area (Å²) in [6, 6.07) is 10.5. The van der Waals surface area contributed by atoms with Gasteiger partial charge < -0.3 is 0 Å². The van der Waals surface area contributed by atoms with Crippen LogP contribution in [-0.2, 0) is 16.4 Å². The van der Waals surface area contributed by atoms with E-state index in [1.807, 2.05) is 32.0 Å². The predicted octanol–water partition coefficient (Wildman–Crippen LogP) is 4.32. The third kappa shape index (κ3) is 3.39. The van der Waals surface area contributed by atoms with E-state index in [2.05, 4.69) is 4.72 Å². The first kappa shape index (κ1) is 15.9. The van der Waals surface area contributed by atoms with E-state index in [1.54, 1.807) is 19.1 Å². The first-order valence-electron chi connectivity index (χ1n) is 6.72. The third-order valence-corrected chi connectivity index (χ3v) is 5.15. The molecule has 21 heavy (non-hydrogen) atoms. The van der Waals surface area contributed by atoms with Gasteiger partial charge in [-0.1, -0.05) is 36.7 Å². The standard InChI is InChI=1S/C16H18ClNO2S/c1-4-13-7-5-6-11(2)16(13)18-21(19,20)15-9-8-14(17)10-12(15)3/h5-10,18H,4H2,1-3H3. The highest BCUT2D eigenvalue weighted by atomic mass is 35.5. The fourth-order valence-corrected chi connectivity index (χ4v) is 3.90. The van der Waals surface area contributed by atoms with Crippen molar-refractivity contribution in [1.82, 2.24) is 0 Å². The highest BCUT2D eigenvalue weighted by Gasteiger charge is 2.19. The Labute approximate surface area is 131 Å². The van der Waals surface area contributed by atoms with Gasteiger partial charge in [-0.25, -0.2) is 8.42 Å². The zero-order valence-corrected chi connectivity index (χ0v) is 13.8. The minimum Gasteiger partial charge on any atom is -0.279 e. The Morgan fingerprint density at radius 2 is 1.81 bits per heavy atom. The molecule has 0 aliphatic heterocycles. The molecule has 0 atom stereocenters. The van der Waals surface area contributed by atoms with Crippen LogP contribution in [0.15, 0.2) is 41.3 Å². The molecule has 2 aromatic rings. The molecule has 0 bridgehead atoms. The maximum absolute atomic E-state index is 12.6. The summed E-state index contributed by atoms with van der Waals surface area (Å²) in [4.78, 5) is 0.247. The van der Waals surface area contributed by atoms with Gasteiger partial charge in [0.25, 0.3) is 10.0 Å². The van der Waals surface area contributed by atoms with Crippen LogP contribution in [0.4, 0.5) is 5.69 Å². The third-order valence-electron chi connectivity index (χ3n) is 3.40. The maximum atomic E-state index is 12.6. The lowest BCUT2D eigenvalue weighted by atomic mass is 10.1. The molecule has 0 saturated heterocycles. The topological polar surface area (TPSA) is 46.2 Å². The molecular weight excluding hydrogens is 306 g/mol. The van der Waals surface area contributed by atoms with Crippen LogP contribution in [0.1, 0.15) is 23.6 Å². The van der Waals surface area contributed by atoms with E-state index in [9.17, 15) is 8.42 Å². The maximum Gasteiger partial charge on any atom is 0.262 e. The molecular formula is C16H18ClNO2S. The number of hydrogen-bond acceptors (Lipinski definition) is 2. The van der Waals surface area contributed by atoms with E-state index in [-0.39, 0.29) is 4.90 Å². The number of benzene rings is 2. The summed E-state index contributed by atoms with van der Waals surface area (Å²) in [5, 5.41) is 0.525. The smallest absolute Gasteiger partial charge is 0.262 e. The molecule has 2 rings (SSSR count). The van der Waals surface area contributed by atoms with E-state index in [1.165, 1.54) is 6.07 Å². The summed E-state index contributed by atoms with van der Waals surface area (Å²) in [5.41, 5.74) is 3.17. The molecule has 0 aliphatic rings. The number of rotatable bonds is 4. The number of sulfonamides is 1. The molecule has 0 aromatic heterocycles. The zero-order chi connectivity index (χ0) is 15.6. The second-order valence-corrected chi connectivity index (χ2v) is 7.07. The van der Waals surface area contributed by atoms with Gasteiger partial charge in [-0.05, 0) is 55.2 Å². The van der Waals surface area contributed by atoms with E-state index in [0.717, 1.165) is 17.5 Å². The van der Waals surface area contributed by atoms with Gasteiger partial charge in [0.05, 0.1) is 10.6 Å². The van der Waals surface area contributed by atoms with E-state index in [4.69, 9.17) is 11.6 Å². The lowest BCUT2D eigenvalue weighted by molar-refractivity contribution is 0.600. The van der Waals surface area contributed by atoms with Crippen molar-refractivity contribution in [3.63, 3.8) is 0 Å². The van der Waals surface area contributed by atoms with Crippen LogP contribution in [0.2, 0.25) is 5.02 Å². The second kappa shape index (κ2) is 6.08. The van der Waals surface area contributed by atoms with Crippen LogP contribution in [0.5, 0.6) is 0 Å². The van der Waals surface area contributed by atoms with Gasteiger partial charge in [0.15, 0.2) is 0 Å². The minimum absolute atomic E-state index is 0.247. The lowest BCUT2D eigenvalue weighted by Crippen LogP contribution is -2.16. The molecule has 0 fully saturated rings. The molecule has 2 aromatic carbocycles. The number of nitrogens with one attached hydrogen (secondary N) is 1. The average molecular weight is 324 g/mol. The monoisotopic (exact) mass is 323 g/mol.